The number of nitrogens with one attached hydrogen (secondary N) is 1. The average Bonchev–Trinajstić information content (AvgIpc) is 2.86. The van der Waals surface area contributed by atoms with Crippen molar-refractivity contribution in [3.63, 3.8) is 0 Å². The van der Waals surface area contributed by atoms with E-state index in [1.807, 2.05) is 0 Å². The van der Waals surface area contributed by atoms with Gasteiger partial charge in [-0.3, -0.25) is 4.79 Å². The number of hydrogen-bond donors (Lipinski definition) is 1. The Morgan fingerprint density at radius 3 is 2.53 bits per heavy atom. The maximum Gasteiger partial charge on any atom is 0.223 e. The summed E-state index contributed by atoms with van der Waals surface area (Å²) in [7, 11) is 1.58. The topological polar surface area (TPSA) is 38.3 Å². The molecule has 0 saturated heterocycles. The van der Waals surface area contributed by atoms with Crippen LogP contribution in [0.5, 0.6) is 0 Å². The Hall–Kier alpha value is -1.42. The first-order chi connectivity index (χ1) is 9.16. The van der Waals surface area contributed by atoms with Crippen molar-refractivity contribution in [1.82, 2.24) is 5.32 Å². The van der Waals surface area contributed by atoms with Crippen LogP contribution in [0.3, 0.4) is 0 Å². The van der Waals surface area contributed by atoms with E-state index in [-0.39, 0.29) is 17.3 Å². The van der Waals surface area contributed by atoms with Gasteiger partial charge in [-0.25, -0.2) is 4.39 Å². The van der Waals surface area contributed by atoms with Gasteiger partial charge in [0.2, 0.25) is 5.91 Å². The van der Waals surface area contributed by atoms with Crippen LogP contribution in [0.4, 0.5) is 4.39 Å². The van der Waals surface area contributed by atoms with E-state index < -0.39 is 0 Å². The summed E-state index contributed by atoms with van der Waals surface area (Å²) in [6.07, 6.45) is 4.36. The maximum absolute atomic E-state index is 13.0. The number of amides is 1. The van der Waals surface area contributed by atoms with Crippen LogP contribution in [-0.4, -0.2) is 19.6 Å². The molecule has 0 spiro atoms. The van der Waals surface area contributed by atoms with Crippen molar-refractivity contribution >= 4 is 5.91 Å². The lowest BCUT2D eigenvalue weighted by Gasteiger charge is -2.31. The largest absolute Gasteiger partial charge is 0.384 e. The fraction of sp³-hybridized carbons (Fsp3) is 0.533. The monoisotopic (exact) mass is 265 g/mol. The molecule has 0 heterocycles. The Bertz CT molecular complexity index is 424. The Labute approximate surface area is 113 Å². The van der Waals surface area contributed by atoms with E-state index in [1.54, 1.807) is 19.2 Å². The smallest absolute Gasteiger partial charge is 0.223 e. The van der Waals surface area contributed by atoms with E-state index in [0.717, 1.165) is 31.2 Å². The molecule has 104 valence electrons. The molecule has 3 nitrogen and oxygen atoms in total. The van der Waals surface area contributed by atoms with E-state index in [4.69, 9.17) is 4.74 Å². The molecular weight excluding hydrogens is 245 g/mol. The molecule has 1 N–H and O–H groups in total. The third-order valence-corrected chi connectivity index (χ3v) is 3.77. The van der Waals surface area contributed by atoms with Crippen LogP contribution < -0.4 is 5.32 Å². The number of ether oxygens (including phenoxy) is 1. The maximum atomic E-state index is 13.0. The minimum atomic E-state index is -0.321. The first-order valence-corrected chi connectivity index (χ1v) is 6.72. The number of hydrogen-bond acceptors (Lipinski definition) is 2. The van der Waals surface area contributed by atoms with Gasteiger partial charge in [-0.1, -0.05) is 25.0 Å². The molecule has 4 heteroatoms. The van der Waals surface area contributed by atoms with E-state index in [2.05, 4.69) is 5.32 Å². The molecule has 1 aromatic carbocycles. The van der Waals surface area contributed by atoms with Crippen molar-refractivity contribution in [2.24, 2.45) is 0 Å². The highest BCUT2D eigenvalue weighted by atomic mass is 19.1. The predicted octanol–water partition coefficient (Wildman–Crippen LogP) is 2.75. The van der Waals surface area contributed by atoms with Gasteiger partial charge in [0, 0.05) is 13.5 Å². The highest BCUT2D eigenvalue weighted by Gasteiger charge is 2.36. The second-order valence-corrected chi connectivity index (χ2v) is 5.09. The summed E-state index contributed by atoms with van der Waals surface area (Å²) in [6.45, 7) is 0.422. The Kier molecular flexibility index (Phi) is 4.53. The lowest BCUT2D eigenvalue weighted by molar-refractivity contribution is -0.124. The van der Waals surface area contributed by atoms with Crippen molar-refractivity contribution in [1.29, 1.82) is 0 Å². The van der Waals surface area contributed by atoms with Gasteiger partial charge in [0.25, 0.3) is 0 Å². The minimum absolute atomic E-state index is 0.00641. The highest BCUT2D eigenvalue weighted by Crippen LogP contribution is 2.38. The summed E-state index contributed by atoms with van der Waals surface area (Å²) >= 11 is 0. The fourth-order valence-corrected chi connectivity index (χ4v) is 2.76. The lowest BCUT2D eigenvalue weighted by Crippen LogP contribution is -2.44. The molecule has 1 amide bonds. The normalized spacial score (nSPS) is 17.4. The molecule has 1 aliphatic rings. The van der Waals surface area contributed by atoms with Crippen LogP contribution in [-0.2, 0) is 15.1 Å². The van der Waals surface area contributed by atoms with Gasteiger partial charge < -0.3 is 10.1 Å². The van der Waals surface area contributed by atoms with Crippen LogP contribution in [0.15, 0.2) is 24.3 Å². The highest BCUT2D eigenvalue weighted by molar-refractivity contribution is 5.77. The molecule has 1 aromatic rings. The first-order valence-electron chi connectivity index (χ1n) is 6.72. The first kappa shape index (κ1) is 14.0. The number of carbonyl (C=O) groups is 1. The Morgan fingerprint density at radius 1 is 1.32 bits per heavy atom. The lowest BCUT2D eigenvalue weighted by atomic mass is 9.88. The number of rotatable bonds is 5. The second kappa shape index (κ2) is 6.15. The van der Waals surface area contributed by atoms with Crippen molar-refractivity contribution in [3.05, 3.63) is 35.6 Å². The molecule has 0 radical (unpaired) electrons. The summed E-state index contributed by atoms with van der Waals surface area (Å²) in [4.78, 5) is 11.9. The zero-order valence-corrected chi connectivity index (χ0v) is 11.2. The molecule has 0 aromatic heterocycles. The summed E-state index contributed by atoms with van der Waals surface area (Å²) in [5.74, 6) is -0.254. The van der Waals surface area contributed by atoms with Crippen LogP contribution >= 0.6 is 0 Å². The van der Waals surface area contributed by atoms with Gasteiger partial charge >= 0.3 is 0 Å². The van der Waals surface area contributed by atoms with Crippen LogP contribution in [0.25, 0.3) is 0 Å². The molecule has 1 saturated carbocycles. The zero-order valence-electron chi connectivity index (χ0n) is 11.2. The van der Waals surface area contributed by atoms with Gasteiger partial charge in [-0.05, 0) is 30.5 Å². The number of carbonyl (C=O) groups excluding carboxylic acids is 1. The summed E-state index contributed by atoms with van der Waals surface area (Å²) in [5.41, 5.74) is 0.676. The second-order valence-electron chi connectivity index (χ2n) is 5.09. The predicted molar refractivity (Wildman–Crippen MR) is 71.2 cm³/mol. The van der Waals surface area contributed by atoms with Crippen LogP contribution in [0.1, 0.15) is 37.7 Å². The van der Waals surface area contributed by atoms with Crippen LogP contribution in [0.2, 0.25) is 0 Å². The number of halogens is 1. The number of benzene rings is 1. The minimum Gasteiger partial charge on any atom is -0.384 e. The molecule has 0 bridgehead atoms. The van der Waals surface area contributed by atoms with E-state index >= 15 is 0 Å². The van der Waals surface area contributed by atoms with Crippen molar-refractivity contribution < 1.29 is 13.9 Å². The average molecular weight is 265 g/mol. The molecule has 2 rings (SSSR count). The summed E-state index contributed by atoms with van der Waals surface area (Å²) < 4.78 is 17.9. The van der Waals surface area contributed by atoms with Crippen LogP contribution in [0, 0.1) is 5.82 Å². The van der Waals surface area contributed by atoms with Gasteiger partial charge in [0.1, 0.15) is 5.82 Å². The van der Waals surface area contributed by atoms with Gasteiger partial charge in [0.05, 0.1) is 12.1 Å². The zero-order chi connectivity index (χ0) is 13.7. The third kappa shape index (κ3) is 3.32. The standard InChI is InChI=1S/C15H20FNO2/c1-19-11-8-14(18)17-15(9-2-3-10-15)12-4-6-13(16)7-5-12/h4-7H,2-3,8-11H2,1H3,(H,17,18). The van der Waals surface area contributed by atoms with Gasteiger partial charge in [-0.2, -0.15) is 0 Å². The molecule has 19 heavy (non-hydrogen) atoms. The molecule has 0 atom stereocenters. The quantitative estimate of drug-likeness (QED) is 0.889. The summed E-state index contributed by atoms with van der Waals surface area (Å²) in [5, 5.41) is 3.12. The SMILES string of the molecule is COCCC(=O)NC1(c2ccc(F)cc2)CCCC1. The molecule has 1 fully saturated rings. The summed E-state index contributed by atoms with van der Waals surface area (Å²) in [6, 6.07) is 6.46. The molecule has 0 aliphatic heterocycles. The van der Waals surface area contributed by atoms with Gasteiger partial charge in [0.15, 0.2) is 0 Å². The van der Waals surface area contributed by atoms with Crippen molar-refractivity contribution in [2.45, 2.75) is 37.6 Å². The Morgan fingerprint density at radius 2 is 1.95 bits per heavy atom. The third-order valence-electron chi connectivity index (χ3n) is 3.77. The van der Waals surface area contributed by atoms with Gasteiger partial charge in [-0.15, -0.1) is 0 Å². The number of methoxy groups -OCH3 is 1. The van der Waals surface area contributed by atoms with E-state index in [9.17, 15) is 9.18 Å². The van der Waals surface area contributed by atoms with Crippen molar-refractivity contribution in [2.75, 3.05) is 13.7 Å². The molecule has 0 unspecified atom stereocenters. The van der Waals surface area contributed by atoms with E-state index in [1.165, 1.54) is 12.1 Å². The fourth-order valence-electron chi connectivity index (χ4n) is 2.76. The Balaban J connectivity index is 2.13. The molecule has 1 aliphatic carbocycles. The van der Waals surface area contributed by atoms with Crippen molar-refractivity contribution in [3.8, 4) is 0 Å². The molecular formula is C15H20FNO2. The van der Waals surface area contributed by atoms with E-state index in [0.29, 0.717) is 13.0 Å².